The van der Waals surface area contributed by atoms with Gasteiger partial charge in [-0.15, -0.1) is 0 Å². The minimum atomic E-state index is -0.781. The molecule has 0 amide bonds. The van der Waals surface area contributed by atoms with Crippen molar-refractivity contribution in [2.45, 2.75) is 58.7 Å². The Labute approximate surface area is 92.6 Å². The fraction of sp³-hybridized carbons (Fsp3) is 1.00. The first kappa shape index (κ1) is 14.8. The normalized spacial score (nSPS) is 13.4. The standard InChI is InChI=1S/C12H25F2N/c1-11(2)7-6-10-15-12(14)8-4-3-5-9-13/h11-12,15H,3-10H2,1-2H3/p+1. The smallest absolute Gasteiger partial charge is 0.228 e. The fourth-order valence-electron chi connectivity index (χ4n) is 1.55. The van der Waals surface area contributed by atoms with Crippen molar-refractivity contribution in [3.05, 3.63) is 0 Å². The van der Waals surface area contributed by atoms with Gasteiger partial charge in [0.1, 0.15) is 0 Å². The van der Waals surface area contributed by atoms with Crippen LogP contribution >= 0.6 is 0 Å². The molecule has 2 N–H and O–H groups in total. The van der Waals surface area contributed by atoms with Gasteiger partial charge in [0, 0.05) is 6.42 Å². The van der Waals surface area contributed by atoms with E-state index < -0.39 is 6.30 Å². The van der Waals surface area contributed by atoms with Gasteiger partial charge < -0.3 is 5.32 Å². The number of rotatable bonds is 10. The third-order valence-electron chi connectivity index (χ3n) is 2.52. The molecule has 0 rings (SSSR count). The molecule has 0 bridgehead atoms. The first-order valence-electron chi connectivity index (χ1n) is 6.20. The predicted molar refractivity (Wildman–Crippen MR) is 60.2 cm³/mol. The Kier molecular flexibility index (Phi) is 10.2. The summed E-state index contributed by atoms with van der Waals surface area (Å²) in [5.74, 6) is 0.709. The van der Waals surface area contributed by atoms with Crippen LogP contribution in [0.5, 0.6) is 0 Å². The van der Waals surface area contributed by atoms with Gasteiger partial charge in [0.25, 0.3) is 0 Å². The van der Waals surface area contributed by atoms with E-state index in [1.165, 1.54) is 6.42 Å². The number of hydrogen-bond donors (Lipinski definition) is 1. The molecule has 0 aromatic rings. The summed E-state index contributed by atoms with van der Waals surface area (Å²) in [4.78, 5) is 0. The molecular formula is C12H26F2N+. The SMILES string of the molecule is CC(C)CCC[NH2+]C(F)CCCCCF. The number of nitrogens with two attached hydrogens (primary N) is 1. The van der Waals surface area contributed by atoms with E-state index in [4.69, 9.17) is 0 Å². The molecule has 0 aromatic heterocycles. The largest absolute Gasteiger partial charge is 0.317 e. The van der Waals surface area contributed by atoms with Crippen LogP contribution in [0.25, 0.3) is 0 Å². The second kappa shape index (κ2) is 10.3. The molecule has 0 heterocycles. The summed E-state index contributed by atoms with van der Waals surface area (Å²) in [5.41, 5.74) is 0. The van der Waals surface area contributed by atoms with Gasteiger partial charge in [0.15, 0.2) is 0 Å². The van der Waals surface area contributed by atoms with Gasteiger partial charge in [-0.05, 0) is 31.6 Å². The van der Waals surface area contributed by atoms with E-state index in [0.29, 0.717) is 18.8 Å². The van der Waals surface area contributed by atoms with Gasteiger partial charge in [-0.25, -0.2) is 0 Å². The average Bonchev–Trinajstić information content (AvgIpc) is 2.19. The highest BCUT2D eigenvalue weighted by molar-refractivity contribution is 4.45. The van der Waals surface area contributed by atoms with Crippen LogP contribution in [0.15, 0.2) is 0 Å². The third kappa shape index (κ3) is 11.7. The quantitative estimate of drug-likeness (QED) is 0.432. The molecule has 3 heteroatoms. The maximum absolute atomic E-state index is 13.2. The average molecular weight is 222 g/mol. The van der Waals surface area contributed by atoms with Crippen LogP contribution < -0.4 is 5.32 Å². The molecule has 15 heavy (non-hydrogen) atoms. The van der Waals surface area contributed by atoms with E-state index in [1.807, 2.05) is 0 Å². The Morgan fingerprint density at radius 2 is 1.73 bits per heavy atom. The maximum Gasteiger partial charge on any atom is 0.228 e. The number of alkyl halides is 2. The molecule has 1 atom stereocenters. The highest BCUT2D eigenvalue weighted by Gasteiger charge is 2.08. The van der Waals surface area contributed by atoms with E-state index in [-0.39, 0.29) is 6.67 Å². The minimum Gasteiger partial charge on any atom is -0.317 e. The van der Waals surface area contributed by atoms with Crippen LogP contribution in [-0.2, 0) is 0 Å². The van der Waals surface area contributed by atoms with Crippen molar-refractivity contribution in [3.8, 4) is 0 Å². The van der Waals surface area contributed by atoms with Crippen molar-refractivity contribution in [2.75, 3.05) is 13.2 Å². The second-order valence-corrected chi connectivity index (χ2v) is 4.61. The minimum absolute atomic E-state index is 0.269. The first-order valence-corrected chi connectivity index (χ1v) is 6.20. The molecule has 0 aliphatic carbocycles. The summed E-state index contributed by atoms with van der Waals surface area (Å²) >= 11 is 0. The Morgan fingerprint density at radius 1 is 1.00 bits per heavy atom. The van der Waals surface area contributed by atoms with E-state index in [1.54, 1.807) is 5.32 Å². The Morgan fingerprint density at radius 3 is 2.33 bits per heavy atom. The van der Waals surface area contributed by atoms with Crippen LogP contribution in [0.2, 0.25) is 0 Å². The van der Waals surface area contributed by atoms with E-state index in [0.717, 1.165) is 25.8 Å². The van der Waals surface area contributed by atoms with Crippen molar-refractivity contribution in [3.63, 3.8) is 0 Å². The summed E-state index contributed by atoms with van der Waals surface area (Å²) in [7, 11) is 0. The highest BCUT2D eigenvalue weighted by atomic mass is 19.1. The lowest BCUT2D eigenvalue weighted by molar-refractivity contribution is -0.713. The monoisotopic (exact) mass is 222 g/mol. The van der Waals surface area contributed by atoms with Gasteiger partial charge in [-0.3, -0.25) is 4.39 Å². The summed E-state index contributed by atoms with van der Waals surface area (Å²) in [5, 5.41) is 1.78. The lowest BCUT2D eigenvalue weighted by Gasteiger charge is -2.08. The van der Waals surface area contributed by atoms with Crippen LogP contribution in [0, 0.1) is 5.92 Å². The Hall–Kier alpha value is -0.180. The van der Waals surface area contributed by atoms with Crippen LogP contribution in [-0.4, -0.2) is 19.5 Å². The van der Waals surface area contributed by atoms with E-state index in [2.05, 4.69) is 13.8 Å². The van der Waals surface area contributed by atoms with Crippen LogP contribution in [0.4, 0.5) is 8.78 Å². The van der Waals surface area contributed by atoms with Gasteiger partial charge in [0.05, 0.1) is 13.2 Å². The number of quaternary nitrogens is 1. The molecule has 0 aliphatic heterocycles. The van der Waals surface area contributed by atoms with Gasteiger partial charge >= 0.3 is 0 Å². The number of halogens is 2. The molecule has 0 saturated heterocycles. The van der Waals surface area contributed by atoms with Crippen LogP contribution in [0.3, 0.4) is 0 Å². The van der Waals surface area contributed by atoms with Crippen LogP contribution in [0.1, 0.15) is 52.4 Å². The lowest BCUT2D eigenvalue weighted by Crippen LogP contribution is -2.88. The zero-order valence-corrected chi connectivity index (χ0v) is 10.1. The molecule has 0 spiro atoms. The molecule has 0 aliphatic rings. The molecule has 0 fully saturated rings. The van der Waals surface area contributed by atoms with Gasteiger partial charge in [-0.1, -0.05) is 20.3 Å². The molecule has 0 aromatic carbocycles. The van der Waals surface area contributed by atoms with Crippen molar-refractivity contribution < 1.29 is 14.1 Å². The summed E-state index contributed by atoms with van der Waals surface area (Å²) in [6, 6.07) is 0. The zero-order chi connectivity index (χ0) is 11.5. The third-order valence-corrected chi connectivity index (χ3v) is 2.52. The maximum atomic E-state index is 13.2. The van der Waals surface area contributed by atoms with Gasteiger partial charge in [-0.2, -0.15) is 4.39 Å². The summed E-state index contributed by atoms with van der Waals surface area (Å²) < 4.78 is 24.9. The highest BCUT2D eigenvalue weighted by Crippen LogP contribution is 2.03. The van der Waals surface area contributed by atoms with E-state index >= 15 is 0 Å². The molecule has 92 valence electrons. The summed E-state index contributed by atoms with van der Waals surface area (Å²) in [6.07, 6.45) is 4.26. The predicted octanol–water partition coefficient (Wildman–Crippen LogP) is 2.81. The number of hydrogen-bond acceptors (Lipinski definition) is 0. The molecule has 1 unspecified atom stereocenters. The fourth-order valence-corrected chi connectivity index (χ4v) is 1.55. The van der Waals surface area contributed by atoms with Crippen molar-refractivity contribution in [2.24, 2.45) is 5.92 Å². The molecule has 0 saturated carbocycles. The summed E-state index contributed by atoms with van der Waals surface area (Å²) in [6.45, 7) is 4.98. The second-order valence-electron chi connectivity index (χ2n) is 4.61. The Bertz CT molecular complexity index is 129. The number of unbranched alkanes of at least 4 members (excludes halogenated alkanes) is 2. The van der Waals surface area contributed by atoms with Gasteiger partial charge in [0.2, 0.25) is 6.30 Å². The van der Waals surface area contributed by atoms with Crippen molar-refractivity contribution in [1.29, 1.82) is 0 Å². The zero-order valence-electron chi connectivity index (χ0n) is 10.1. The van der Waals surface area contributed by atoms with Crippen molar-refractivity contribution in [1.82, 2.24) is 0 Å². The Balaban J connectivity index is 3.15. The molecule has 0 radical (unpaired) electrons. The molecule has 1 nitrogen and oxygen atoms in total. The lowest BCUT2D eigenvalue weighted by atomic mass is 10.1. The van der Waals surface area contributed by atoms with E-state index in [9.17, 15) is 8.78 Å². The first-order chi connectivity index (χ1) is 7.16. The topological polar surface area (TPSA) is 16.6 Å². The molecular weight excluding hydrogens is 196 g/mol. The van der Waals surface area contributed by atoms with Crippen molar-refractivity contribution >= 4 is 0 Å².